The predicted octanol–water partition coefficient (Wildman–Crippen LogP) is 4.22. The van der Waals surface area contributed by atoms with E-state index in [0.717, 1.165) is 25.7 Å². The molecule has 1 fully saturated rings. The van der Waals surface area contributed by atoms with E-state index in [1.54, 1.807) is 0 Å². The molecule has 0 unspecified atom stereocenters. The molecule has 0 aromatic carbocycles. The quantitative estimate of drug-likeness (QED) is 0.585. The summed E-state index contributed by atoms with van der Waals surface area (Å²) in [5, 5.41) is 0. The first-order chi connectivity index (χ1) is 5.47. The Balaban J connectivity index is 2.26. The molecule has 0 N–H and O–H groups in total. The molecule has 0 aromatic rings. The van der Waals surface area contributed by atoms with Gasteiger partial charge in [0.2, 0.25) is 0 Å². The van der Waals surface area contributed by atoms with E-state index in [-0.39, 0.29) is 5.92 Å². The molecule has 4 heteroatoms. The molecule has 0 saturated heterocycles. The SMILES string of the molecule is CC1CCC(C[PH](F)(F)F)CC1. The molecule has 1 aliphatic carbocycles. The van der Waals surface area contributed by atoms with E-state index >= 15 is 0 Å². The Morgan fingerprint density at radius 3 is 2.00 bits per heavy atom. The normalized spacial score (nSPS) is 33.3. The van der Waals surface area contributed by atoms with Crippen LogP contribution < -0.4 is 0 Å². The van der Waals surface area contributed by atoms with Gasteiger partial charge < -0.3 is 0 Å². The van der Waals surface area contributed by atoms with Crippen LogP contribution in [0.3, 0.4) is 0 Å². The van der Waals surface area contributed by atoms with Crippen molar-refractivity contribution in [3.8, 4) is 0 Å². The molecule has 0 bridgehead atoms. The number of hydrogen-bond donors (Lipinski definition) is 0. The maximum absolute atomic E-state index is 12.1. The number of rotatable bonds is 2. The molecule has 0 spiro atoms. The third-order valence-corrected chi connectivity index (χ3v) is 3.70. The molecule has 1 aliphatic rings. The van der Waals surface area contributed by atoms with E-state index < -0.39 is 14.4 Å². The molecule has 0 aliphatic heterocycles. The average molecular weight is 200 g/mol. The molecular formula is C8H16F3P. The van der Waals surface area contributed by atoms with Crippen LogP contribution in [-0.2, 0) is 0 Å². The first kappa shape index (κ1) is 10.3. The fourth-order valence-corrected chi connectivity index (χ4v) is 2.92. The van der Waals surface area contributed by atoms with Crippen LogP contribution in [0.4, 0.5) is 12.6 Å². The minimum atomic E-state index is -5.27. The van der Waals surface area contributed by atoms with Crippen molar-refractivity contribution in [1.82, 2.24) is 0 Å². The number of hydrogen-bond acceptors (Lipinski definition) is 0. The Hall–Kier alpha value is 0.220. The summed E-state index contributed by atoms with van der Waals surface area (Å²) in [7, 11) is -5.27. The van der Waals surface area contributed by atoms with Crippen LogP contribution >= 0.6 is 8.19 Å². The van der Waals surface area contributed by atoms with E-state index in [2.05, 4.69) is 6.92 Å². The standard InChI is InChI=1S/C8H16F3P/c1-7-2-4-8(5-3-7)6-12(9,10)11/h7-8,12H,2-6H2,1H3. The second-order valence-corrected chi connectivity index (χ2v) is 5.58. The van der Waals surface area contributed by atoms with Gasteiger partial charge in [0.1, 0.15) is 0 Å². The second-order valence-electron chi connectivity index (χ2n) is 3.95. The van der Waals surface area contributed by atoms with Gasteiger partial charge in [-0.05, 0) is 0 Å². The van der Waals surface area contributed by atoms with E-state index in [1.807, 2.05) is 0 Å². The molecule has 0 atom stereocenters. The summed E-state index contributed by atoms with van der Waals surface area (Å²) < 4.78 is 36.2. The van der Waals surface area contributed by atoms with E-state index in [1.165, 1.54) is 0 Å². The Bertz CT molecular complexity index is 136. The van der Waals surface area contributed by atoms with Gasteiger partial charge in [-0.2, -0.15) is 0 Å². The fourth-order valence-electron chi connectivity index (χ4n) is 1.86. The Kier molecular flexibility index (Phi) is 3.39. The molecule has 74 valence electrons. The Morgan fingerprint density at radius 1 is 1.08 bits per heavy atom. The zero-order chi connectivity index (χ0) is 9.19. The van der Waals surface area contributed by atoms with E-state index in [9.17, 15) is 12.6 Å². The van der Waals surface area contributed by atoms with Crippen LogP contribution in [0.1, 0.15) is 32.6 Å². The molecule has 0 aromatic heterocycles. The Morgan fingerprint density at radius 2 is 1.58 bits per heavy atom. The van der Waals surface area contributed by atoms with Crippen molar-refractivity contribution < 1.29 is 12.6 Å². The molecule has 0 heterocycles. The molecule has 0 nitrogen and oxygen atoms in total. The van der Waals surface area contributed by atoms with Gasteiger partial charge in [0.15, 0.2) is 0 Å². The van der Waals surface area contributed by atoms with Crippen LogP contribution in [0.5, 0.6) is 0 Å². The van der Waals surface area contributed by atoms with E-state index in [4.69, 9.17) is 0 Å². The summed E-state index contributed by atoms with van der Waals surface area (Å²) in [6.45, 7) is 2.13. The molecular weight excluding hydrogens is 184 g/mol. The van der Waals surface area contributed by atoms with Crippen molar-refractivity contribution in [3.05, 3.63) is 0 Å². The van der Waals surface area contributed by atoms with Crippen LogP contribution in [-0.4, -0.2) is 6.16 Å². The third-order valence-electron chi connectivity index (χ3n) is 2.66. The maximum atomic E-state index is 12.1. The van der Waals surface area contributed by atoms with Gasteiger partial charge >= 0.3 is 71.4 Å². The summed E-state index contributed by atoms with van der Waals surface area (Å²) in [5.41, 5.74) is 0. The molecule has 0 radical (unpaired) electrons. The first-order valence-electron chi connectivity index (χ1n) is 4.54. The monoisotopic (exact) mass is 200 g/mol. The minimum absolute atomic E-state index is 0.0344. The predicted molar refractivity (Wildman–Crippen MR) is 47.6 cm³/mol. The molecule has 1 saturated carbocycles. The second kappa shape index (κ2) is 3.95. The van der Waals surface area contributed by atoms with Gasteiger partial charge in [-0.1, -0.05) is 0 Å². The Labute approximate surface area is 72.2 Å². The fraction of sp³-hybridized carbons (Fsp3) is 1.00. The van der Waals surface area contributed by atoms with Gasteiger partial charge in [0, 0.05) is 0 Å². The van der Waals surface area contributed by atoms with Gasteiger partial charge in [-0.3, -0.25) is 0 Å². The summed E-state index contributed by atoms with van der Waals surface area (Å²) in [4.78, 5) is 0. The summed E-state index contributed by atoms with van der Waals surface area (Å²) in [6, 6.07) is 0. The van der Waals surface area contributed by atoms with Gasteiger partial charge in [0.05, 0.1) is 0 Å². The van der Waals surface area contributed by atoms with Crippen LogP contribution in [0.25, 0.3) is 0 Å². The van der Waals surface area contributed by atoms with Gasteiger partial charge in [-0.25, -0.2) is 0 Å². The zero-order valence-corrected chi connectivity index (χ0v) is 8.32. The summed E-state index contributed by atoms with van der Waals surface area (Å²) in [5.74, 6) is 0.615. The van der Waals surface area contributed by atoms with Gasteiger partial charge in [-0.15, -0.1) is 0 Å². The van der Waals surface area contributed by atoms with Crippen LogP contribution in [0, 0.1) is 11.8 Å². The average Bonchev–Trinajstić information content (AvgIpc) is 1.91. The van der Waals surface area contributed by atoms with Crippen molar-refractivity contribution in [3.63, 3.8) is 0 Å². The van der Waals surface area contributed by atoms with Gasteiger partial charge in [0.25, 0.3) is 0 Å². The third kappa shape index (κ3) is 3.75. The summed E-state index contributed by atoms with van der Waals surface area (Å²) in [6.07, 6.45) is 3.16. The van der Waals surface area contributed by atoms with E-state index in [0.29, 0.717) is 5.92 Å². The van der Waals surface area contributed by atoms with Crippen molar-refractivity contribution >= 4 is 8.19 Å². The van der Waals surface area contributed by atoms with Crippen molar-refractivity contribution in [2.45, 2.75) is 32.6 Å². The topological polar surface area (TPSA) is 0 Å². The zero-order valence-electron chi connectivity index (χ0n) is 7.32. The van der Waals surface area contributed by atoms with Crippen LogP contribution in [0.2, 0.25) is 0 Å². The molecule has 12 heavy (non-hydrogen) atoms. The summed E-state index contributed by atoms with van der Waals surface area (Å²) >= 11 is 0. The van der Waals surface area contributed by atoms with Crippen molar-refractivity contribution in [2.24, 2.45) is 11.8 Å². The molecule has 0 amide bonds. The van der Waals surface area contributed by atoms with Crippen molar-refractivity contribution in [1.29, 1.82) is 0 Å². The number of halogens is 3. The first-order valence-corrected chi connectivity index (χ1v) is 6.38. The molecule has 1 rings (SSSR count). The van der Waals surface area contributed by atoms with Crippen LogP contribution in [0.15, 0.2) is 0 Å². The van der Waals surface area contributed by atoms with Crippen molar-refractivity contribution in [2.75, 3.05) is 6.16 Å².